The van der Waals surface area contributed by atoms with Crippen LogP contribution in [0.2, 0.25) is 0 Å². The fourth-order valence-corrected chi connectivity index (χ4v) is 2.68. The minimum Gasteiger partial charge on any atom is -0.324 e. The molecule has 3 rings (SSSR count). The zero-order chi connectivity index (χ0) is 12.5. The van der Waals surface area contributed by atoms with Crippen LogP contribution in [0.4, 0.5) is 4.39 Å². The Balaban J connectivity index is 0.00000133. The molecule has 0 spiro atoms. The minimum absolute atomic E-state index is 0. The highest BCUT2D eigenvalue weighted by molar-refractivity contribution is 5.85. The van der Waals surface area contributed by atoms with E-state index in [0.717, 1.165) is 12.0 Å². The first-order chi connectivity index (χ1) is 8.79. The van der Waals surface area contributed by atoms with Crippen LogP contribution in [0.3, 0.4) is 0 Å². The largest absolute Gasteiger partial charge is 0.324 e. The van der Waals surface area contributed by atoms with E-state index in [1.165, 1.54) is 22.3 Å². The second kappa shape index (κ2) is 5.72. The fraction of sp³-hybridized carbons (Fsp3) is 0.250. The lowest BCUT2D eigenvalue weighted by Crippen LogP contribution is -2.11. The molecule has 0 aromatic heterocycles. The van der Waals surface area contributed by atoms with Crippen LogP contribution in [-0.2, 0) is 6.42 Å². The van der Waals surface area contributed by atoms with Gasteiger partial charge in [-0.3, -0.25) is 4.39 Å². The summed E-state index contributed by atoms with van der Waals surface area (Å²) in [6, 6.07) is 14.5. The van der Waals surface area contributed by atoms with Crippen molar-refractivity contribution in [1.82, 2.24) is 0 Å². The SMILES string of the molecule is Cl.N[C@@H](CCF)c1ccc2c(c1)Cc1ccccc1-2. The Kier molecular flexibility index (Phi) is 4.23. The third-order valence-electron chi connectivity index (χ3n) is 3.67. The van der Waals surface area contributed by atoms with Crippen LogP contribution in [0, 0.1) is 0 Å². The van der Waals surface area contributed by atoms with E-state index in [9.17, 15) is 4.39 Å². The molecule has 1 aliphatic rings. The predicted octanol–water partition coefficient (Wildman–Crippen LogP) is 4.04. The quantitative estimate of drug-likeness (QED) is 0.768. The van der Waals surface area contributed by atoms with Gasteiger partial charge < -0.3 is 5.73 Å². The zero-order valence-electron chi connectivity index (χ0n) is 10.6. The average Bonchev–Trinajstić information content (AvgIpc) is 2.76. The van der Waals surface area contributed by atoms with Crippen molar-refractivity contribution >= 4 is 12.4 Å². The molecular formula is C16H17ClFN. The van der Waals surface area contributed by atoms with E-state index in [-0.39, 0.29) is 25.1 Å². The van der Waals surface area contributed by atoms with Gasteiger partial charge in [-0.1, -0.05) is 42.5 Å². The van der Waals surface area contributed by atoms with Gasteiger partial charge in [-0.25, -0.2) is 0 Å². The van der Waals surface area contributed by atoms with E-state index < -0.39 is 0 Å². The first-order valence-corrected chi connectivity index (χ1v) is 6.32. The highest BCUT2D eigenvalue weighted by Gasteiger charge is 2.18. The predicted molar refractivity (Wildman–Crippen MR) is 79.5 cm³/mol. The lowest BCUT2D eigenvalue weighted by atomic mass is 9.99. The van der Waals surface area contributed by atoms with Gasteiger partial charge in [0.15, 0.2) is 0 Å². The highest BCUT2D eigenvalue weighted by Crippen LogP contribution is 2.37. The number of alkyl halides is 1. The van der Waals surface area contributed by atoms with Gasteiger partial charge in [0.1, 0.15) is 0 Å². The number of fused-ring (bicyclic) bond motifs is 3. The van der Waals surface area contributed by atoms with Crippen molar-refractivity contribution in [3.8, 4) is 11.1 Å². The summed E-state index contributed by atoms with van der Waals surface area (Å²) >= 11 is 0. The van der Waals surface area contributed by atoms with Gasteiger partial charge in [-0.05, 0) is 40.7 Å². The summed E-state index contributed by atoms with van der Waals surface area (Å²) in [7, 11) is 0. The van der Waals surface area contributed by atoms with E-state index >= 15 is 0 Å². The fourth-order valence-electron chi connectivity index (χ4n) is 2.68. The lowest BCUT2D eigenvalue weighted by Gasteiger charge is -2.11. The molecule has 2 N–H and O–H groups in total. The molecule has 2 aromatic rings. The third kappa shape index (κ3) is 2.51. The molecule has 1 aliphatic carbocycles. The van der Waals surface area contributed by atoms with Crippen LogP contribution in [-0.4, -0.2) is 6.67 Å². The van der Waals surface area contributed by atoms with E-state index in [4.69, 9.17) is 5.73 Å². The van der Waals surface area contributed by atoms with E-state index in [1.54, 1.807) is 0 Å². The molecule has 0 unspecified atom stereocenters. The maximum Gasteiger partial charge on any atom is 0.0912 e. The van der Waals surface area contributed by atoms with Gasteiger partial charge in [0.05, 0.1) is 6.67 Å². The second-order valence-electron chi connectivity index (χ2n) is 4.83. The average molecular weight is 278 g/mol. The van der Waals surface area contributed by atoms with Crippen molar-refractivity contribution < 1.29 is 4.39 Å². The Morgan fingerprint density at radius 1 is 1.05 bits per heavy atom. The zero-order valence-corrected chi connectivity index (χ0v) is 11.4. The maximum atomic E-state index is 12.3. The van der Waals surface area contributed by atoms with Crippen molar-refractivity contribution in [2.24, 2.45) is 5.73 Å². The molecule has 1 nitrogen and oxygen atoms in total. The molecule has 0 fully saturated rings. The van der Waals surface area contributed by atoms with Crippen molar-refractivity contribution in [2.75, 3.05) is 6.67 Å². The molecule has 0 radical (unpaired) electrons. The topological polar surface area (TPSA) is 26.0 Å². The van der Waals surface area contributed by atoms with Crippen LogP contribution in [0.5, 0.6) is 0 Å². The van der Waals surface area contributed by atoms with Gasteiger partial charge in [-0.15, -0.1) is 12.4 Å². The number of hydrogen-bond donors (Lipinski definition) is 1. The lowest BCUT2D eigenvalue weighted by molar-refractivity contribution is 0.442. The van der Waals surface area contributed by atoms with Crippen LogP contribution >= 0.6 is 12.4 Å². The minimum atomic E-state index is -0.363. The highest BCUT2D eigenvalue weighted by atomic mass is 35.5. The molecule has 3 heteroatoms. The normalized spacial score (nSPS) is 13.4. The van der Waals surface area contributed by atoms with E-state index in [2.05, 4.69) is 36.4 Å². The van der Waals surface area contributed by atoms with Crippen LogP contribution < -0.4 is 5.73 Å². The van der Waals surface area contributed by atoms with Gasteiger partial charge in [0.2, 0.25) is 0 Å². The summed E-state index contributed by atoms with van der Waals surface area (Å²) in [5.41, 5.74) is 12.3. The summed E-state index contributed by atoms with van der Waals surface area (Å²) in [5, 5.41) is 0. The van der Waals surface area contributed by atoms with Crippen molar-refractivity contribution in [1.29, 1.82) is 0 Å². The van der Waals surface area contributed by atoms with Gasteiger partial charge >= 0.3 is 0 Å². The smallest absolute Gasteiger partial charge is 0.0912 e. The Bertz CT molecular complexity index is 583. The first kappa shape index (κ1) is 14.0. The Morgan fingerprint density at radius 3 is 2.58 bits per heavy atom. The van der Waals surface area contributed by atoms with Crippen LogP contribution in [0.1, 0.15) is 29.2 Å². The van der Waals surface area contributed by atoms with Crippen LogP contribution in [0.15, 0.2) is 42.5 Å². The Labute approximate surface area is 119 Å². The van der Waals surface area contributed by atoms with Gasteiger partial charge in [-0.2, -0.15) is 0 Å². The van der Waals surface area contributed by atoms with E-state index in [0.29, 0.717) is 6.42 Å². The molecule has 2 aromatic carbocycles. The molecule has 0 saturated heterocycles. The van der Waals surface area contributed by atoms with E-state index in [1.807, 2.05) is 6.07 Å². The number of rotatable bonds is 3. The van der Waals surface area contributed by atoms with Gasteiger partial charge in [0.25, 0.3) is 0 Å². The molecule has 0 bridgehead atoms. The molecule has 100 valence electrons. The van der Waals surface area contributed by atoms with Crippen molar-refractivity contribution in [2.45, 2.75) is 18.9 Å². The molecule has 0 saturated carbocycles. The molecule has 19 heavy (non-hydrogen) atoms. The van der Waals surface area contributed by atoms with Gasteiger partial charge in [0, 0.05) is 6.04 Å². The number of nitrogens with two attached hydrogens (primary N) is 1. The summed E-state index contributed by atoms with van der Waals surface area (Å²) < 4.78 is 12.3. The van der Waals surface area contributed by atoms with Crippen LogP contribution in [0.25, 0.3) is 11.1 Å². The summed E-state index contributed by atoms with van der Waals surface area (Å²) in [5.74, 6) is 0. The second-order valence-corrected chi connectivity index (χ2v) is 4.83. The van der Waals surface area contributed by atoms with Crippen molar-refractivity contribution in [3.63, 3.8) is 0 Å². The third-order valence-corrected chi connectivity index (χ3v) is 3.67. The number of halogens is 2. The first-order valence-electron chi connectivity index (χ1n) is 6.32. The maximum absolute atomic E-state index is 12.3. The summed E-state index contributed by atoms with van der Waals surface area (Å²) in [4.78, 5) is 0. The summed E-state index contributed by atoms with van der Waals surface area (Å²) in [6.45, 7) is -0.363. The molecule has 1 atom stereocenters. The summed E-state index contributed by atoms with van der Waals surface area (Å²) in [6.07, 6.45) is 1.35. The number of hydrogen-bond acceptors (Lipinski definition) is 1. The molecular weight excluding hydrogens is 261 g/mol. The number of benzene rings is 2. The molecule has 0 heterocycles. The monoisotopic (exact) mass is 277 g/mol. The Morgan fingerprint density at radius 2 is 1.79 bits per heavy atom. The van der Waals surface area contributed by atoms with Crippen molar-refractivity contribution in [3.05, 3.63) is 59.2 Å². The molecule has 0 aliphatic heterocycles. The Hall–Kier alpha value is -1.38. The standard InChI is InChI=1S/C16H16FN.ClH/c17-8-7-16(18)12-5-6-15-13(10-12)9-11-3-1-2-4-14(11)15;/h1-6,10,16H,7-9,18H2;1H/t16-;/m0./s1. The molecule has 0 amide bonds.